The zero-order chi connectivity index (χ0) is 16.4. The number of amides is 3. The van der Waals surface area contributed by atoms with E-state index in [4.69, 9.17) is 4.42 Å². The summed E-state index contributed by atoms with van der Waals surface area (Å²) in [6, 6.07) is 6.67. The van der Waals surface area contributed by atoms with Gasteiger partial charge >= 0.3 is 6.03 Å². The van der Waals surface area contributed by atoms with Crippen LogP contribution in [0.15, 0.2) is 28.7 Å². The second-order valence-electron chi connectivity index (χ2n) is 5.91. The lowest BCUT2D eigenvalue weighted by Crippen LogP contribution is -2.53. The minimum absolute atomic E-state index is 0.126. The average Bonchev–Trinajstić information content (AvgIpc) is 2.87. The molecule has 1 aliphatic heterocycles. The van der Waals surface area contributed by atoms with Gasteiger partial charge in [0.25, 0.3) is 0 Å². The number of rotatable bonds is 3. The zero-order valence-corrected chi connectivity index (χ0v) is 13.3. The van der Waals surface area contributed by atoms with Gasteiger partial charge < -0.3 is 20.4 Å². The van der Waals surface area contributed by atoms with Crippen molar-refractivity contribution in [2.24, 2.45) is 0 Å². The van der Waals surface area contributed by atoms with E-state index in [0.717, 1.165) is 28.7 Å². The molecule has 0 bridgehead atoms. The molecule has 122 valence electrons. The summed E-state index contributed by atoms with van der Waals surface area (Å²) in [6.07, 6.45) is 1.53. The number of hydrogen-bond acceptors (Lipinski definition) is 3. The minimum Gasteiger partial charge on any atom is -0.459 e. The molecule has 2 atom stereocenters. The summed E-state index contributed by atoms with van der Waals surface area (Å²) in [5, 5.41) is 9.35. The van der Waals surface area contributed by atoms with E-state index in [1.165, 1.54) is 0 Å². The van der Waals surface area contributed by atoms with Gasteiger partial charge in [0.15, 0.2) is 0 Å². The van der Waals surface area contributed by atoms with E-state index in [1.807, 2.05) is 38.1 Å². The molecule has 0 saturated carbocycles. The number of urea groups is 1. The van der Waals surface area contributed by atoms with Crippen molar-refractivity contribution in [2.75, 3.05) is 6.54 Å². The van der Waals surface area contributed by atoms with Gasteiger partial charge in [-0.15, -0.1) is 0 Å². The van der Waals surface area contributed by atoms with E-state index in [2.05, 4.69) is 16.0 Å². The van der Waals surface area contributed by atoms with Crippen LogP contribution < -0.4 is 16.0 Å². The van der Waals surface area contributed by atoms with Crippen LogP contribution >= 0.6 is 0 Å². The highest BCUT2D eigenvalue weighted by Gasteiger charge is 2.25. The largest absolute Gasteiger partial charge is 0.459 e. The van der Waals surface area contributed by atoms with Gasteiger partial charge in [0.05, 0.1) is 6.04 Å². The number of hydrogen-bond donors (Lipinski definition) is 3. The van der Waals surface area contributed by atoms with Crippen LogP contribution in [-0.4, -0.2) is 24.5 Å². The molecule has 23 heavy (non-hydrogen) atoms. The van der Waals surface area contributed by atoms with E-state index >= 15 is 0 Å². The number of benzene rings is 1. The maximum Gasteiger partial charge on any atom is 0.316 e. The highest BCUT2D eigenvalue weighted by molar-refractivity contribution is 5.87. The predicted octanol–water partition coefficient (Wildman–Crippen LogP) is 2.38. The third-order valence-corrected chi connectivity index (χ3v) is 4.21. The van der Waals surface area contributed by atoms with Crippen LogP contribution in [0.4, 0.5) is 4.79 Å². The molecular weight excluding hydrogens is 294 g/mol. The number of carbonyl (C=O) groups excluding carboxylic acids is 2. The smallest absolute Gasteiger partial charge is 0.316 e. The summed E-state index contributed by atoms with van der Waals surface area (Å²) >= 11 is 0. The van der Waals surface area contributed by atoms with E-state index in [9.17, 15) is 9.59 Å². The summed E-state index contributed by atoms with van der Waals surface area (Å²) in [6.45, 7) is 4.52. The molecule has 2 heterocycles. The third kappa shape index (κ3) is 3.16. The minimum atomic E-state index is -0.465. The molecule has 1 aromatic heterocycles. The molecular formula is C17H21N3O3. The molecule has 0 radical (unpaired) electrons. The van der Waals surface area contributed by atoms with E-state index in [0.29, 0.717) is 13.0 Å². The number of aryl methyl sites for hydroxylation is 1. The van der Waals surface area contributed by atoms with Crippen LogP contribution in [0.25, 0.3) is 11.0 Å². The highest BCUT2D eigenvalue weighted by Crippen LogP contribution is 2.29. The first-order valence-electron chi connectivity index (χ1n) is 7.89. The van der Waals surface area contributed by atoms with Gasteiger partial charge in [-0.1, -0.05) is 18.2 Å². The molecule has 1 saturated heterocycles. The summed E-state index contributed by atoms with van der Waals surface area (Å²) in [4.78, 5) is 23.8. The molecule has 0 spiro atoms. The summed E-state index contributed by atoms with van der Waals surface area (Å²) in [5.41, 5.74) is 1.82. The molecule has 1 aromatic carbocycles. The first-order chi connectivity index (χ1) is 11.1. The van der Waals surface area contributed by atoms with Gasteiger partial charge in [0.2, 0.25) is 5.91 Å². The van der Waals surface area contributed by atoms with Crippen molar-refractivity contribution >= 4 is 22.9 Å². The Morgan fingerprint density at radius 1 is 1.39 bits per heavy atom. The maximum atomic E-state index is 12.1. The third-order valence-electron chi connectivity index (χ3n) is 4.21. The van der Waals surface area contributed by atoms with Crippen LogP contribution in [-0.2, 0) is 4.79 Å². The van der Waals surface area contributed by atoms with Gasteiger partial charge in [-0.3, -0.25) is 4.79 Å². The Morgan fingerprint density at radius 3 is 2.91 bits per heavy atom. The molecule has 1 aliphatic rings. The molecule has 3 rings (SSSR count). The van der Waals surface area contributed by atoms with Crippen molar-refractivity contribution in [3.63, 3.8) is 0 Å². The molecule has 6 heteroatoms. The van der Waals surface area contributed by atoms with Crippen molar-refractivity contribution in [3.05, 3.63) is 35.6 Å². The van der Waals surface area contributed by atoms with E-state index in [-0.39, 0.29) is 18.0 Å². The summed E-state index contributed by atoms with van der Waals surface area (Å²) in [5.74, 6) is 0.605. The topological polar surface area (TPSA) is 83.4 Å². The fourth-order valence-electron chi connectivity index (χ4n) is 2.98. The van der Waals surface area contributed by atoms with E-state index in [1.54, 1.807) is 0 Å². The van der Waals surface area contributed by atoms with Gasteiger partial charge in [-0.25, -0.2) is 4.79 Å². The monoisotopic (exact) mass is 315 g/mol. The first-order valence-corrected chi connectivity index (χ1v) is 7.89. The Hall–Kier alpha value is -2.50. The SMILES string of the molecule is Cc1c([C@@H](C)NC(=O)NC2CCCNC2=O)oc2ccccc12. The van der Waals surface area contributed by atoms with Gasteiger partial charge in [-0.05, 0) is 32.8 Å². The van der Waals surface area contributed by atoms with Crippen molar-refractivity contribution in [1.82, 2.24) is 16.0 Å². The van der Waals surface area contributed by atoms with Crippen molar-refractivity contribution in [3.8, 4) is 0 Å². The number of para-hydroxylation sites is 1. The van der Waals surface area contributed by atoms with Gasteiger partial charge in [-0.2, -0.15) is 0 Å². The van der Waals surface area contributed by atoms with E-state index < -0.39 is 6.04 Å². The molecule has 3 amide bonds. The number of carbonyl (C=O) groups is 2. The summed E-state index contributed by atoms with van der Waals surface area (Å²) < 4.78 is 5.85. The van der Waals surface area contributed by atoms with Crippen LogP contribution in [0.1, 0.15) is 37.1 Å². The molecule has 2 aromatic rings. The first kappa shape index (κ1) is 15.4. The predicted molar refractivity (Wildman–Crippen MR) is 87.1 cm³/mol. The van der Waals surface area contributed by atoms with Gasteiger partial charge in [0.1, 0.15) is 17.4 Å². The Labute approximate surface area is 134 Å². The Kier molecular flexibility index (Phi) is 4.23. The fourth-order valence-corrected chi connectivity index (χ4v) is 2.98. The molecule has 1 unspecified atom stereocenters. The molecule has 6 nitrogen and oxygen atoms in total. The van der Waals surface area contributed by atoms with Crippen LogP contribution in [0, 0.1) is 6.92 Å². The maximum absolute atomic E-state index is 12.1. The Morgan fingerprint density at radius 2 is 2.17 bits per heavy atom. The lowest BCUT2D eigenvalue weighted by atomic mass is 10.1. The molecule has 3 N–H and O–H groups in total. The molecule has 1 fully saturated rings. The van der Waals surface area contributed by atoms with Crippen LogP contribution in [0.2, 0.25) is 0 Å². The summed E-state index contributed by atoms with van der Waals surface area (Å²) in [7, 11) is 0. The standard InChI is InChI=1S/C17H21N3O3/c1-10-12-6-3-4-8-14(12)23-15(10)11(2)19-17(22)20-13-7-5-9-18-16(13)21/h3-4,6,8,11,13H,5,7,9H2,1-2H3,(H,18,21)(H2,19,20,22)/t11-,13?/m1/s1. The second-order valence-corrected chi connectivity index (χ2v) is 5.91. The van der Waals surface area contributed by atoms with Gasteiger partial charge in [0, 0.05) is 17.5 Å². The number of nitrogens with one attached hydrogen (secondary N) is 3. The Balaban J connectivity index is 1.67. The lowest BCUT2D eigenvalue weighted by molar-refractivity contribution is -0.124. The van der Waals surface area contributed by atoms with Crippen LogP contribution in [0.5, 0.6) is 0 Å². The number of furan rings is 1. The normalized spacial score (nSPS) is 19.2. The van der Waals surface area contributed by atoms with Crippen molar-refractivity contribution < 1.29 is 14.0 Å². The number of fused-ring (bicyclic) bond motifs is 1. The lowest BCUT2D eigenvalue weighted by Gasteiger charge is -2.23. The van der Waals surface area contributed by atoms with Crippen LogP contribution in [0.3, 0.4) is 0 Å². The highest BCUT2D eigenvalue weighted by atomic mass is 16.3. The Bertz CT molecular complexity index is 738. The van der Waals surface area contributed by atoms with Crippen molar-refractivity contribution in [2.45, 2.75) is 38.8 Å². The number of piperidine rings is 1. The average molecular weight is 315 g/mol. The second kappa shape index (κ2) is 6.32. The fraction of sp³-hybridized carbons (Fsp3) is 0.412. The molecule has 0 aliphatic carbocycles. The zero-order valence-electron chi connectivity index (χ0n) is 13.3. The van der Waals surface area contributed by atoms with Crippen molar-refractivity contribution in [1.29, 1.82) is 0 Å². The quantitative estimate of drug-likeness (QED) is 0.813.